The van der Waals surface area contributed by atoms with Crippen LogP contribution in [0, 0.1) is 6.92 Å². The summed E-state index contributed by atoms with van der Waals surface area (Å²) in [5, 5.41) is 11.3. The number of hydrogen-bond donors (Lipinski definition) is 4. The molecule has 0 saturated carbocycles. The van der Waals surface area contributed by atoms with Crippen molar-refractivity contribution >= 4 is 16.7 Å². The lowest BCUT2D eigenvalue weighted by Gasteiger charge is -2.05. The van der Waals surface area contributed by atoms with Crippen LogP contribution in [0.1, 0.15) is 5.56 Å². The maximum atomic E-state index is 5.51. The lowest BCUT2D eigenvalue weighted by atomic mass is 10.0. The first kappa shape index (κ1) is 15.4. The number of nitrogens with zero attached hydrogens (tertiary/aromatic N) is 2. The Bertz CT molecular complexity index is 983. The van der Waals surface area contributed by atoms with Gasteiger partial charge in [-0.25, -0.2) is 4.98 Å². The van der Waals surface area contributed by atoms with Gasteiger partial charge in [-0.3, -0.25) is 5.10 Å². The summed E-state index contributed by atoms with van der Waals surface area (Å²) in [5.74, 6) is 0.838. The van der Waals surface area contributed by atoms with Crippen molar-refractivity contribution in [1.82, 2.24) is 20.2 Å². The number of benzene rings is 1. The van der Waals surface area contributed by atoms with E-state index in [1.165, 1.54) is 10.9 Å². The van der Waals surface area contributed by atoms with Gasteiger partial charge in [0, 0.05) is 47.5 Å². The van der Waals surface area contributed by atoms with Crippen LogP contribution in [0.3, 0.4) is 0 Å². The Morgan fingerprint density at radius 2 is 1.96 bits per heavy atom. The molecule has 0 atom stereocenters. The molecule has 0 radical (unpaired) electrons. The van der Waals surface area contributed by atoms with Crippen molar-refractivity contribution in [2.75, 3.05) is 18.4 Å². The average molecular weight is 332 g/mol. The normalized spacial score (nSPS) is 11.1. The molecule has 4 rings (SSSR count). The Balaban J connectivity index is 1.71. The van der Waals surface area contributed by atoms with Crippen LogP contribution in [0.2, 0.25) is 0 Å². The minimum absolute atomic E-state index is 0.587. The Kier molecular flexibility index (Phi) is 3.95. The van der Waals surface area contributed by atoms with E-state index in [0.29, 0.717) is 13.1 Å². The maximum absolute atomic E-state index is 5.51. The lowest BCUT2D eigenvalue weighted by Crippen LogP contribution is -2.13. The molecule has 0 fully saturated rings. The standard InChI is InChI=1S/C19H20N6/c1-12-16-4-2-13(15-10-23-24-11-15)8-17(16)25-19(12)14-3-5-18(22-9-14)21-7-6-20/h2-5,8-11,25H,6-7,20H2,1H3,(H,21,22)(H,23,24). The summed E-state index contributed by atoms with van der Waals surface area (Å²) in [6.07, 6.45) is 5.61. The summed E-state index contributed by atoms with van der Waals surface area (Å²) < 4.78 is 0. The smallest absolute Gasteiger partial charge is 0.125 e. The number of H-pyrrole nitrogens is 2. The number of aryl methyl sites for hydroxylation is 1. The molecule has 1 aromatic carbocycles. The predicted octanol–water partition coefficient (Wildman–Crippen LogP) is 3.30. The number of aromatic nitrogens is 4. The Hall–Kier alpha value is -3.12. The average Bonchev–Trinajstić information content (AvgIpc) is 3.29. The van der Waals surface area contributed by atoms with Gasteiger partial charge in [-0.15, -0.1) is 0 Å². The van der Waals surface area contributed by atoms with Gasteiger partial charge in [-0.2, -0.15) is 5.10 Å². The second kappa shape index (κ2) is 6.41. The van der Waals surface area contributed by atoms with Gasteiger partial charge in [0.15, 0.2) is 0 Å². The molecule has 3 aromatic heterocycles. The number of nitrogens with one attached hydrogen (secondary N) is 3. The van der Waals surface area contributed by atoms with E-state index in [2.05, 4.69) is 56.7 Å². The lowest BCUT2D eigenvalue weighted by molar-refractivity contribution is 1.01. The Morgan fingerprint density at radius 3 is 2.68 bits per heavy atom. The first-order valence-electron chi connectivity index (χ1n) is 8.28. The molecule has 3 heterocycles. The van der Waals surface area contributed by atoms with Crippen LogP contribution in [0.5, 0.6) is 0 Å². The van der Waals surface area contributed by atoms with E-state index in [1.54, 1.807) is 0 Å². The molecule has 0 aliphatic rings. The molecule has 25 heavy (non-hydrogen) atoms. The minimum Gasteiger partial charge on any atom is -0.369 e. The van der Waals surface area contributed by atoms with Gasteiger partial charge in [0.05, 0.1) is 11.9 Å². The minimum atomic E-state index is 0.587. The summed E-state index contributed by atoms with van der Waals surface area (Å²) in [6, 6.07) is 10.5. The second-order valence-electron chi connectivity index (χ2n) is 6.02. The quantitative estimate of drug-likeness (QED) is 0.451. The van der Waals surface area contributed by atoms with Crippen molar-refractivity contribution in [2.45, 2.75) is 6.92 Å². The topological polar surface area (TPSA) is 95.4 Å². The number of hydrogen-bond acceptors (Lipinski definition) is 4. The van der Waals surface area contributed by atoms with Crippen LogP contribution in [-0.2, 0) is 0 Å². The monoisotopic (exact) mass is 332 g/mol. The number of fused-ring (bicyclic) bond motifs is 1. The van der Waals surface area contributed by atoms with Gasteiger partial charge < -0.3 is 16.0 Å². The number of pyridine rings is 1. The fourth-order valence-corrected chi connectivity index (χ4v) is 3.06. The third-order valence-corrected chi connectivity index (χ3v) is 4.39. The zero-order valence-corrected chi connectivity index (χ0v) is 14.0. The van der Waals surface area contributed by atoms with Crippen molar-refractivity contribution < 1.29 is 0 Å². The van der Waals surface area contributed by atoms with Crippen LogP contribution < -0.4 is 11.1 Å². The van der Waals surface area contributed by atoms with Crippen molar-refractivity contribution in [3.05, 3.63) is 54.5 Å². The first-order valence-corrected chi connectivity index (χ1v) is 8.28. The third kappa shape index (κ3) is 2.88. The summed E-state index contributed by atoms with van der Waals surface area (Å²) in [4.78, 5) is 8.00. The second-order valence-corrected chi connectivity index (χ2v) is 6.02. The highest BCUT2D eigenvalue weighted by molar-refractivity contribution is 5.93. The van der Waals surface area contributed by atoms with Crippen LogP contribution in [0.25, 0.3) is 33.3 Å². The highest BCUT2D eigenvalue weighted by atomic mass is 15.1. The fourth-order valence-electron chi connectivity index (χ4n) is 3.06. The molecule has 5 N–H and O–H groups in total. The van der Waals surface area contributed by atoms with Crippen molar-refractivity contribution in [3.63, 3.8) is 0 Å². The van der Waals surface area contributed by atoms with Crippen LogP contribution in [0.15, 0.2) is 48.9 Å². The van der Waals surface area contributed by atoms with E-state index in [-0.39, 0.29) is 0 Å². The molecule has 0 amide bonds. The number of anilines is 1. The molecule has 6 heteroatoms. The predicted molar refractivity (Wildman–Crippen MR) is 101 cm³/mol. The van der Waals surface area contributed by atoms with E-state index in [0.717, 1.165) is 33.7 Å². The zero-order valence-electron chi connectivity index (χ0n) is 14.0. The molecular formula is C19H20N6. The van der Waals surface area contributed by atoms with Crippen LogP contribution >= 0.6 is 0 Å². The molecule has 0 unspecified atom stereocenters. The van der Waals surface area contributed by atoms with Crippen LogP contribution in [0.4, 0.5) is 5.82 Å². The van der Waals surface area contributed by atoms with Crippen molar-refractivity contribution in [1.29, 1.82) is 0 Å². The van der Waals surface area contributed by atoms with Crippen molar-refractivity contribution in [2.24, 2.45) is 5.73 Å². The van der Waals surface area contributed by atoms with E-state index in [4.69, 9.17) is 5.73 Å². The van der Waals surface area contributed by atoms with E-state index in [9.17, 15) is 0 Å². The highest BCUT2D eigenvalue weighted by Gasteiger charge is 2.11. The summed E-state index contributed by atoms with van der Waals surface area (Å²) in [5.41, 5.74) is 12.2. The van der Waals surface area contributed by atoms with Gasteiger partial charge >= 0.3 is 0 Å². The van der Waals surface area contributed by atoms with Gasteiger partial charge in [0.2, 0.25) is 0 Å². The first-order chi connectivity index (χ1) is 12.3. The maximum Gasteiger partial charge on any atom is 0.125 e. The third-order valence-electron chi connectivity index (χ3n) is 4.39. The summed E-state index contributed by atoms with van der Waals surface area (Å²) in [7, 11) is 0. The number of aromatic amines is 2. The molecular weight excluding hydrogens is 312 g/mol. The molecule has 0 aliphatic carbocycles. The molecule has 0 bridgehead atoms. The largest absolute Gasteiger partial charge is 0.369 e. The van der Waals surface area contributed by atoms with Gasteiger partial charge in [0.25, 0.3) is 0 Å². The molecule has 126 valence electrons. The fraction of sp³-hybridized carbons (Fsp3) is 0.158. The summed E-state index contributed by atoms with van der Waals surface area (Å²) in [6.45, 7) is 3.43. The SMILES string of the molecule is Cc1c(-c2ccc(NCCN)nc2)[nH]c2cc(-c3cn[nH]c3)ccc12. The van der Waals surface area contributed by atoms with Gasteiger partial charge in [0.1, 0.15) is 5.82 Å². The molecule has 6 nitrogen and oxygen atoms in total. The van der Waals surface area contributed by atoms with Gasteiger partial charge in [-0.1, -0.05) is 12.1 Å². The molecule has 0 spiro atoms. The number of rotatable bonds is 5. The highest BCUT2D eigenvalue weighted by Crippen LogP contribution is 2.32. The van der Waals surface area contributed by atoms with Crippen molar-refractivity contribution in [3.8, 4) is 22.4 Å². The Morgan fingerprint density at radius 1 is 1.08 bits per heavy atom. The van der Waals surface area contributed by atoms with Crippen LogP contribution in [-0.4, -0.2) is 33.3 Å². The zero-order chi connectivity index (χ0) is 17.2. The molecule has 4 aromatic rings. The van der Waals surface area contributed by atoms with Gasteiger partial charge in [-0.05, 0) is 36.2 Å². The Labute approximate surface area is 145 Å². The van der Waals surface area contributed by atoms with E-state index < -0.39 is 0 Å². The molecule has 0 saturated heterocycles. The van der Waals surface area contributed by atoms with E-state index >= 15 is 0 Å². The molecule has 0 aliphatic heterocycles. The summed E-state index contributed by atoms with van der Waals surface area (Å²) >= 11 is 0. The van der Waals surface area contributed by atoms with E-state index in [1.807, 2.05) is 24.7 Å². The number of nitrogens with two attached hydrogens (primary N) is 1.